The zero-order valence-electron chi connectivity index (χ0n) is 24.3. The number of nitrogens with zero attached hydrogens (tertiary/aromatic N) is 2. The topological polar surface area (TPSA) is 87.1 Å². The van der Waals surface area contributed by atoms with Gasteiger partial charge in [-0.15, -0.1) is 24.9 Å². The molecular formula is C32H43ClN2O5S. The third-order valence-corrected chi connectivity index (χ3v) is 11.1. The molecule has 3 fully saturated rings. The Morgan fingerprint density at radius 1 is 1.24 bits per heavy atom. The van der Waals surface area contributed by atoms with Crippen molar-refractivity contribution in [1.29, 1.82) is 0 Å². The van der Waals surface area contributed by atoms with Crippen LogP contribution in [0.4, 0.5) is 5.69 Å². The van der Waals surface area contributed by atoms with E-state index in [1.165, 1.54) is 0 Å². The second kappa shape index (κ2) is 13.3. The van der Waals surface area contributed by atoms with Crippen molar-refractivity contribution < 1.29 is 24.2 Å². The molecule has 2 bridgehead atoms. The molecule has 0 saturated carbocycles. The zero-order valence-corrected chi connectivity index (χ0v) is 25.9. The minimum absolute atomic E-state index is 0.0104. The lowest BCUT2D eigenvalue weighted by molar-refractivity contribution is -0.155. The summed E-state index contributed by atoms with van der Waals surface area (Å²) >= 11 is 7.76. The number of amides is 2. The number of hydrogen-bond acceptors (Lipinski definition) is 6. The molecular weight excluding hydrogens is 560 g/mol. The van der Waals surface area contributed by atoms with E-state index in [1.54, 1.807) is 51.9 Å². The summed E-state index contributed by atoms with van der Waals surface area (Å²) in [4.78, 5) is 46.0. The number of benzene rings is 1. The van der Waals surface area contributed by atoms with Crippen molar-refractivity contribution in [2.75, 3.05) is 24.7 Å². The number of halogens is 1. The molecule has 9 heteroatoms. The van der Waals surface area contributed by atoms with E-state index in [9.17, 15) is 19.5 Å². The molecule has 1 aromatic carbocycles. The van der Waals surface area contributed by atoms with Crippen molar-refractivity contribution >= 4 is 46.8 Å². The summed E-state index contributed by atoms with van der Waals surface area (Å²) in [6, 6.07) is 5.64. The molecule has 3 unspecified atom stereocenters. The number of rotatable bonds is 14. The molecule has 41 heavy (non-hydrogen) atoms. The monoisotopic (exact) mass is 602 g/mol. The normalized spacial score (nSPS) is 29.0. The molecule has 7 nitrogen and oxygen atoms in total. The molecule has 1 aromatic rings. The Bertz CT molecular complexity index is 1140. The molecule has 1 spiro atoms. The highest BCUT2D eigenvalue weighted by atomic mass is 35.5. The SMILES string of the molecule is C=CCCCCOC(=O)[C@@H]1[C@H]2C(=O)N([C@@H](CO)CC(C)C)C(C(=O)N(CC=C)c3ccc(Cl)cc3)C23S[C@@H]1CC3C. The minimum atomic E-state index is -0.845. The number of likely N-dealkylation sites (tertiary alicyclic amines) is 1. The number of unbranched alkanes of at least 4 members (excludes halogenated alkanes) is 2. The summed E-state index contributed by atoms with van der Waals surface area (Å²) in [7, 11) is 0. The zero-order chi connectivity index (χ0) is 29.9. The van der Waals surface area contributed by atoms with Gasteiger partial charge in [-0.25, -0.2) is 0 Å². The number of carbonyl (C=O) groups is 3. The first kappa shape index (κ1) is 31.6. The first-order chi connectivity index (χ1) is 19.6. The third-order valence-electron chi connectivity index (χ3n) is 8.80. The summed E-state index contributed by atoms with van der Waals surface area (Å²) in [6.45, 7) is 14.0. The van der Waals surface area contributed by atoms with Crippen molar-refractivity contribution in [3.8, 4) is 0 Å². The Balaban J connectivity index is 1.75. The van der Waals surface area contributed by atoms with E-state index in [1.807, 2.05) is 19.9 Å². The van der Waals surface area contributed by atoms with Crippen LogP contribution in [-0.4, -0.2) is 69.6 Å². The largest absolute Gasteiger partial charge is 0.465 e. The maximum Gasteiger partial charge on any atom is 0.310 e. The highest BCUT2D eigenvalue weighted by molar-refractivity contribution is 8.02. The van der Waals surface area contributed by atoms with Crippen molar-refractivity contribution in [2.45, 2.75) is 75.0 Å². The average molecular weight is 603 g/mol. The van der Waals surface area contributed by atoms with Gasteiger partial charge in [0.15, 0.2) is 0 Å². The van der Waals surface area contributed by atoms with Gasteiger partial charge in [-0.1, -0.05) is 44.5 Å². The predicted octanol–water partition coefficient (Wildman–Crippen LogP) is 5.50. The van der Waals surface area contributed by atoms with Crippen molar-refractivity contribution in [2.24, 2.45) is 23.7 Å². The average Bonchev–Trinajstić information content (AvgIpc) is 3.54. The van der Waals surface area contributed by atoms with Crippen LogP contribution in [-0.2, 0) is 19.1 Å². The lowest BCUT2D eigenvalue weighted by Crippen LogP contribution is -2.59. The Kier molecular flexibility index (Phi) is 10.3. The number of ether oxygens (including phenoxy) is 1. The fourth-order valence-corrected chi connectivity index (χ4v) is 9.62. The van der Waals surface area contributed by atoms with Gasteiger partial charge in [0.1, 0.15) is 6.04 Å². The maximum absolute atomic E-state index is 14.7. The van der Waals surface area contributed by atoms with Crippen LogP contribution in [0.15, 0.2) is 49.6 Å². The maximum atomic E-state index is 14.7. The molecule has 4 rings (SSSR count). The van der Waals surface area contributed by atoms with Crippen molar-refractivity contribution in [1.82, 2.24) is 4.90 Å². The second-order valence-electron chi connectivity index (χ2n) is 11.9. The lowest BCUT2D eigenvalue weighted by atomic mass is 9.66. The Labute approximate surface area is 253 Å². The molecule has 7 atom stereocenters. The van der Waals surface area contributed by atoms with Crippen molar-refractivity contribution in [3.05, 3.63) is 54.6 Å². The third kappa shape index (κ3) is 5.84. The molecule has 3 heterocycles. The van der Waals surface area contributed by atoms with E-state index >= 15 is 0 Å². The molecule has 0 aromatic heterocycles. The Hall–Kier alpha value is -2.29. The van der Waals surface area contributed by atoms with Gasteiger partial charge in [0.05, 0.1) is 35.8 Å². The van der Waals surface area contributed by atoms with E-state index in [0.29, 0.717) is 23.7 Å². The van der Waals surface area contributed by atoms with Gasteiger partial charge < -0.3 is 19.6 Å². The first-order valence-corrected chi connectivity index (χ1v) is 15.9. The quantitative estimate of drug-likeness (QED) is 0.172. The van der Waals surface area contributed by atoms with Crippen LogP contribution in [0.5, 0.6) is 0 Å². The number of thioether (sulfide) groups is 1. The van der Waals surface area contributed by atoms with E-state index in [4.69, 9.17) is 16.3 Å². The summed E-state index contributed by atoms with van der Waals surface area (Å²) in [5.74, 6) is -1.93. The predicted molar refractivity (Wildman–Crippen MR) is 165 cm³/mol. The van der Waals surface area contributed by atoms with Gasteiger partial charge in [0, 0.05) is 22.5 Å². The second-order valence-corrected chi connectivity index (χ2v) is 13.9. The van der Waals surface area contributed by atoms with Crippen LogP contribution < -0.4 is 4.90 Å². The van der Waals surface area contributed by atoms with Gasteiger partial charge in [0.25, 0.3) is 5.91 Å². The van der Waals surface area contributed by atoms with Crippen LogP contribution in [0.1, 0.15) is 52.9 Å². The minimum Gasteiger partial charge on any atom is -0.465 e. The van der Waals surface area contributed by atoms with Crippen LogP contribution >= 0.6 is 23.4 Å². The number of aliphatic hydroxyl groups is 1. The summed E-state index contributed by atoms with van der Waals surface area (Å²) in [5.41, 5.74) is 0.650. The highest BCUT2D eigenvalue weighted by Gasteiger charge is 2.77. The number of anilines is 1. The van der Waals surface area contributed by atoms with Crippen LogP contribution in [0, 0.1) is 23.7 Å². The summed E-state index contributed by atoms with van der Waals surface area (Å²) in [6.07, 6.45) is 7.23. The van der Waals surface area contributed by atoms with Crippen LogP contribution in [0.2, 0.25) is 5.02 Å². The lowest BCUT2D eigenvalue weighted by Gasteiger charge is -2.42. The number of fused-ring (bicyclic) bond motifs is 1. The number of aliphatic hydroxyl groups excluding tert-OH is 1. The number of esters is 1. The fraction of sp³-hybridized carbons (Fsp3) is 0.594. The fourth-order valence-electron chi connectivity index (χ4n) is 7.10. The highest BCUT2D eigenvalue weighted by Crippen LogP contribution is 2.69. The molecule has 0 aliphatic carbocycles. The molecule has 1 N–H and O–H groups in total. The van der Waals surface area contributed by atoms with Crippen LogP contribution in [0.25, 0.3) is 0 Å². The standard InChI is InChI=1S/C32H43ClN2O5S/c1-6-8-9-10-16-40-31(39)26-25-18-21(5)32(41-25)27(26)29(37)35(24(19-36)17-20(3)4)28(32)30(38)34(15-7-2)23-13-11-22(33)12-14-23/h6-7,11-14,20-21,24-28,36H,1-2,8-10,15-19H2,3-5H3/t21?,24-,25-,26+,27+,28?,32?/m1/s1. The first-order valence-electron chi connectivity index (χ1n) is 14.7. The Morgan fingerprint density at radius 3 is 2.56 bits per heavy atom. The van der Waals surface area contributed by atoms with Gasteiger partial charge >= 0.3 is 5.97 Å². The number of carbonyl (C=O) groups excluding carboxylic acids is 3. The van der Waals surface area contributed by atoms with Gasteiger partial charge in [0.2, 0.25) is 5.91 Å². The van der Waals surface area contributed by atoms with E-state index in [-0.39, 0.29) is 48.0 Å². The molecule has 3 aliphatic heterocycles. The molecule has 0 radical (unpaired) electrons. The van der Waals surface area contributed by atoms with Crippen molar-refractivity contribution in [3.63, 3.8) is 0 Å². The molecule has 3 aliphatic rings. The summed E-state index contributed by atoms with van der Waals surface area (Å²) in [5, 5.41) is 11.0. The Morgan fingerprint density at radius 2 is 1.95 bits per heavy atom. The van der Waals surface area contributed by atoms with Gasteiger partial charge in [-0.3, -0.25) is 14.4 Å². The number of allylic oxidation sites excluding steroid dienone is 1. The van der Waals surface area contributed by atoms with Gasteiger partial charge in [-0.2, -0.15) is 0 Å². The molecule has 224 valence electrons. The molecule has 2 amide bonds. The number of hydrogen-bond donors (Lipinski definition) is 1. The van der Waals surface area contributed by atoms with E-state index in [2.05, 4.69) is 20.1 Å². The van der Waals surface area contributed by atoms with E-state index in [0.717, 1.165) is 25.7 Å². The summed E-state index contributed by atoms with van der Waals surface area (Å²) < 4.78 is 4.93. The van der Waals surface area contributed by atoms with E-state index < -0.39 is 28.7 Å². The van der Waals surface area contributed by atoms with Crippen LogP contribution in [0.3, 0.4) is 0 Å². The van der Waals surface area contributed by atoms with Gasteiger partial charge in [-0.05, 0) is 68.2 Å². The molecule has 3 saturated heterocycles. The smallest absolute Gasteiger partial charge is 0.310 e.